The highest BCUT2D eigenvalue weighted by Gasteiger charge is 2.02. The minimum atomic E-state index is 0.0571. The monoisotopic (exact) mass is 282 g/mol. The molecule has 0 aliphatic rings. The fourth-order valence-corrected chi connectivity index (χ4v) is 1.69. The van der Waals surface area contributed by atoms with E-state index in [1.165, 1.54) is 36.4 Å². The van der Waals surface area contributed by atoms with E-state index in [1.807, 2.05) is 0 Å². The first-order valence-electron chi connectivity index (χ1n) is 4.95. The lowest BCUT2D eigenvalue weighted by molar-refractivity contribution is 0.475. The van der Waals surface area contributed by atoms with Gasteiger partial charge in [0.15, 0.2) is 0 Å². The third-order valence-electron chi connectivity index (χ3n) is 2.13. The Kier molecular flexibility index (Phi) is 3.69. The van der Waals surface area contributed by atoms with E-state index in [0.717, 1.165) is 0 Å². The van der Waals surface area contributed by atoms with Crippen molar-refractivity contribution in [2.24, 2.45) is 10.2 Å². The van der Waals surface area contributed by atoms with Crippen LogP contribution in [0.3, 0.4) is 0 Å². The van der Waals surface area contributed by atoms with E-state index in [4.69, 9.17) is 23.2 Å². The molecule has 0 saturated heterocycles. The van der Waals surface area contributed by atoms with Gasteiger partial charge < -0.3 is 10.2 Å². The van der Waals surface area contributed by atoms with E-state index in [0.29, 0.717) is 11.4 Å². The van der Waals surface area contributed by atoms with E-state index < -0.39 is 0 Å². The number of nitrogens with zero attached hydrogens (tertiary/aromatic N) is 2. The Balaban J connectivity index is 2.30. The quantitative estimate of drug-likeness (QED) is 0.776. The summed E-state index contributed by atoms with van der Waals surface area (Å²) in [5.74, 6) is 0.114. The first kappa shape index (κ1) is 12.7. The normalized spacial score (nSPS) is 11.0. The highest BCUT2D eigenvalue weighted by Crippen LogP contribution is 2.33. The van der Waals surface area contributed by atoms with Crippen LogP contribution >= 0.6 is 23.2 Å². The molecule has 0 atom stereocenters. The molecule has 18 heavy (non-hydrogen) atoms. The second-order valence-corrected chi connectivity index (χ2v) is 4.29. The molecule has 2 N–H and O–H groups in total. The van der Waals surface area contributed by atoms with Crippen LogP contribution in [0.25, 0.3) is 0 Å². The van der Waals surface area contributed by atoms with E-state index in [-0.39, 0.29) is 21.5 Å². The Morgan fingerprint density at radius 3 is 1.44 bits per heavy atom. The standard InChI is InChI=1S/C12H8Cl2N2O2/c13-9-5-7(17)1-3-11(9)15-16-12-4-2-8(18)6-10(12)14/h1-6,17-18H. The van der Waals surface area contributed by atoms with Crippen LogP contribution in [0.4, 0.5) is 11.4 Å². The minimum Gasteiger partial charge on any atom is -0.508 e. The largest absolute Gasteiger partial charge is 0.508 e. The Bertz CT molecular complexity index is 562. The van der Waals surface area contributed by atoms with Gasteiger partial charge in [0.2, 0.25) is 0 Å². The number of halogens is 2. The predicted molar refractivity (Wildman–Crippen MR) is 70.4 cm³/mol. The minimum absolute atomic E-state index is 0.0571. The summed E-state index contributed by atoms with van der Waals surface area (Å²) in [6.45, 7) is 0. The smallest absolute Gasteiger partial charge is 0.117 e. The zero-order valence-corrected chi connectivity index (χ0v) is 10.5. The molecule has 4 nitrogen and oxygen atoms in total. The summed E-state index contributed by atoms with van der Waals surface area (Å²) >= 11 is 11.7. The van der Waals surface area contributed by atoms with E-state index >= 15 is 0 Å². The van der Waals surface area contributed by atoms with Crippen molar-refractivity contribution < 1.29 is 10.2 Å². The van der Waals surface area contributed by atoms with E-state index in [2.05, 4.69) is 10.2 Å². The molecule has 2 aromatic rings. The number of benzene rings is 2. The molecule has 6 heteroatoms. The van der Waals surface area contributed by atoms with Crippen LogP contribution < -0.4 is 0 Å². The summed E-state index contributed by atoms with van der Waals surface area (Å²) in [7, 11) is 0. The van der Waals surface area contributed by atoms with Gasteiger partial charge in [-0.3, -0.25) is 0 Å². The first-order valence-corrected chi connectivity index (χ1v) is 5.70. The van der Waals surface area contributed by atoms with Gasteiger partial charge in [-0.05, 0) is 24.3 Å². The number of rotatable bonds is 2. The number of phenolic OH excluding ortho intramolecular Hbond substituents is 2. The van der Waals surface area contributed by atoms with Crippen molar-refractivity contribution in [1.29, 1.82) is 0 Å². The van der Waals surface area contributed by atoms with Gasteiger partial charge in [0.05, 0.1) is 10.0 Å². The van der Waals surface area contributed by atoms with E-state index in [1.54, 1.807) is 0 Å². The number of hydrogen-bond donors (Lipinski definition) is 2. The van der Waals surface area contributed by atoms with Crippen LogP contribution in [0.2, 0.25) is 10.0 Å². The predicted octanol–water partition coefficient (Wildman–Crippen LogP) is 4.82. The Hall–Kier alpha value is -1.78. The molecular formula is C12H8Cl2N2O2. The molecule has 2 aromatic carbocycles. The summed E-state index contributed by atoms with van der Waals surface area (Å²) in [6, 6.07) is 8.73. The van der Waals surface area contributed by atoms with Crippen LogP contribution in [0.5, 0.6) is 11.5 Å². The zero-order chi connectivity index (χ0) is 13.1. The maximum atomic E-state index is 9.19. The van der Waals surface area contributed by atoms with Gasteiger partial charge in [-0.15, -0.1) is 10.2 Å². The molecule has 0 aliphatic heterocycles. The van der Waals surface area contributed by atoms with Crippen molar-refractivity contribution >= 4 is 34.6 Å². The number of hydrogen-bond acceptors (Lipinski definition) is 4. The molecule has 0 amide bonds. The second-order valence-electron chi connectivity index (χ2n) is 3.47. The summed E-state index contributed by atoms with van der Waals surface area (Å²) in [6.07, 6.45) is 0. The number of azo groups is 1. The van der Waals surface area contributed by atoms with Gasteiger partial charge in [-0.25, -0.2) is 0 Å². The van der Waals surface area contributed by atoms with E-state index in [9.17, 15) is 10.2 Å². The van der Waals surface area contributed by atoms with Crippen molar-refractivity contribution in [3.8, 4) is 11.5 Å². The summed E-state index contributed by atoms with van der Waals surface area (Å²) in [4.78, 5) is 0. The second kappa shape index (κ2) is 5.25. The molecule has 0 aliphatic carbocycles. The van der Waals surface area contributed by atoms with Crippen LogP contribution in [0.1, 0.15) is 0 Å². The van der Waals surface area contributed by atoms with Gasteiger partial charge in [0.1, 0.15) is 22.9 Å². The molecule has 0 unspecified atom stereocenters. The third-order valence-corrected chi connectivity index (χ3v) is 2.73. The Morgan fingerprint density at radius 1 is 0.722 bits per heavy atom. The Morgan fingerprint density at radius 2 is 1.11 bits per heavy atom. The summed E-state index contributed by atoms with van der Waals surface area (Å²) < 4.78 is 0. The average molecular weight is 283 g/mol. The fraction of sp³-hybridized carbons (Fsp3) is 0. The Labute approximate surface area is 113 Å². The lowest BCUT2D eigenvalue weighted by atomic mass is 10.3. The first-order chi connectivity index (χ1) is 8.56. The van der Waals surface area contributed by atoms with Gasteiger partial charge in [-0.2, -0.15) is 0 Å². The van der Waals surface area contributed by atoms with Crippen molar-refractivity contribution in [2.75, 3.05) is 0 Å². The third kappa shape index (κ3) is 2.91. The average Bonchev–Trinajstić information content (AvgIpc) is 2.30. The molecule has 0 aromatic heterocycles. The van der Waals surface area contributed by atoms with Gasteiger partial charge in [0.25, 0.3) is 0 Å². The van der Waals surface area contributed by atoms with Gasteiger partial charge >= 0.3 is 0 Å². The number of aromatic hydroxyl groups is 2. The van der Waals surface area contributed by atoms with Crippen LogP contribution in [0.15, 0.2) is 46.6 Å². The van der Waals surface area contributed by atoms with Gasteiger partial charge in [0, 0.05) is 12.1 Å². The highest BCUT2D eigenvalue weighted by atomic mass is 35.5. The van der Waals surface area contributed by atoms with Crippen molar-refractivity contribution in [1.82, 2.24) is 0 Å². The molecule has 0 radical (unpaired) electrons. The molecule has 0 heterocycles. The van der Waals surface area contributed by atoms with Gasteiger partial charge in [-0.1, -0.05) is 23.2 Å². The maximum Gasteiger partial charge on any atom is 0.117 e. The lowest BCUT2D eigenvalue weighted by Crippen LogP contribution is -1.70. The maximum absolute atomic E-state index is 9.19. The van der Waals surface area contributed by atoms with Crippen molar-refractivity contribution in [3.05, 3.63) is 46.4 Å². The number of phenols is 2. The van der Waals surface area contributed by atoms with Crippen LogP contribution in [-0.4, -0.2) is 10.2 Å². The molecule has 0 spiro atoms. The molecule has 0 bridgehead atoms. The van der Waals surface area contributed by atoms with Crippen molar-refractivity contribution in [2.45, 2.75) is 0 Å². The molecule has 2 rings (SSSR count). The SMILES string of the molecule is Oc1ccc(N=Nc2ccc(O)cc2Cl)c(Cl)c1. The summed E-state index contributed by atoms with van der Waals surface area (Å²) in [5, 5.41) is 26.8. The fourth-order valence-electron chi connectivity index (χ4n) is 1.26. The molecule has 0 saturated carbocycles. The topological polar surface area (TPSA) is 65.2 Å². The molecule has 0 fully saturated rings. The molecular weight excluding hydrogens is 275 g/mol. The summed E-state index contributed by atoms with van der Waals surface area (Å²) in [5.41, 5.74) is 0.831. The van der Waals surface area contributed by atoms with Crippen molar-refractivity contribution in [3.63, 3.8) is 0 Å². The highest BCUT2D eigenvalue weighted by molar-refractivity contribution is 6.33. The lowest BCUT2D eigenvalue weighted by Gasteiger charge is -1.99. The zero-order valence-electron chi connectivity index (χ0n) is 9.01. The van der Waals surface area contributed by atoms with Crippen LogP contribution in [0, 0.1) is 0 Å². The van der Waals surface area contributed by atoms with Crippen LogP contribution in [-0.2, 0) is 0 Å². The molecule has 92 valence electrons.